The minimum Gasteiger partial charge on any atom is -0.394 e. The molecular formula is C28H39N8O20P3. The summed E-state index contributed by atoms with van der Waals surface area (Å²) in [6, 6.07) is 2.50. The molecule has 0 spiro atoms. The van der Waals surface area contributed by atoms with Crippen molar-refractivity contribution in [1.29, 1.82) is 0 Å². The number of hydrogen-bond donors (Lipinski definition) is 8. The van der Waals surface area contributed by atoms with Crippen molar-refractivity contribution in [3.05, 3.63) is 78.1 Å². The standard InChI is InChI=1S/C28H39N8O20P3/c1-13-9-36(28(41)33-25(13)38)24-6-14(17(10-37)51-24)55-58(45,46)50-12-19-16(8-23(53-19)35-5-3-21(30)32-27(35)40)56-59(47,48)49-11-18-15(54-57(42,43)44)7-22(52-18)34-4-2-20(29)31-26(34)39/h2-5,9,14-19,22-24,37H,6-8,10-12H2,1H3,(H,45,46)(H,47,48)(H2,29,31,39)(H2,30,32,40)(H,33,38,41)(H2,42,43,44)/t14-,15-,16-,17+,18+,19+,22+,23+,24+/m0/s1. The number of ether oxygens (including phenoxy) is 3. The van der Waals surface area contributed by atoms with E-state index in [2.05, 4.69) is 15.0 Å². The fraction of sp³-hybridized carbons (Fsp3) is 0.571. The van der Waals surface area contributed by atoms with E-state index in [0.29, 0.717) is 0 Å². The maximum absolute atomic E-state index is 13.4. The molecule has 3 aromatic rings. The number of H-pyrrole nitrogens is 1. The van der Waals surface area contributed by atoms with E-state index in [1.807, 2.05) is 0 Å². The summed E-state index contributed by atoms with van der Waals surface area (Å²) in [4.78, 5) is 98.9. The number of anilines is 2. The molecule has 0 bridgehead atoms. The van der Waals surface area contributed by atoms with Crippen LogP contribution in [0.25, 0.3) is 0 Å². The average Bonchev–Trinajstić information content (AvgIpc) is 3.83. The van der Waals surface area contributed by atoms with Crippen LogP contribution in [0, 0.1) is 6.92 Å². The molecule has 0 amide bonds. The minimum absolute atomic E-state index is 0.121. The highest BCUT2D eigenvalue weighted by Crippen LogP contribution is 2.52. The Kier molecular flexibility index (Phi) is 13.4. The number of phosphoric acid groups is 3. The number of aromatic nitrogens is 6. The zero-order chi connectivity index (χ0) is 43.0. The first-order valence-corrected chi connectivity index (χ1v) is 21.8. The molecule has 3 aliphatic heterocycles. The molecule has 3 saturated heterocycles. The number of nitrogens with zero attached hydrogens (tertiary/aromatic N) is 5. The summed E-state index contributed by atoms with van der Waals surface area (Å²) in [5, 5.41) is 9.88. The summed E-state index contributed by atoms with van der Waals surface area (Å²) >= 11 is 0. The number of nitrogen functional groups attached to an aromatic ring is 2. The van der Waals surface area contributed by atoms with E-state index in [9.17, 15) is 57.6 Å². The number of aliphatic hydroxyl groups is 1. The Morgan fingerprint density at radius 3 is 1.59 bits per heavy atom. The van der Waals surface area contributed by atoms with Crippen LogP contribution >= 0.6 is 23.5 Å². The van der Waals surface area contributed by atoms with E-state index in [4.69, 9.17) is 48.3 Å². The van der Waals surface area contributed by atoms with Gasteiger partial charge in [0.2, 0.25) is 0 Å². The molecular weight excluding hydrogens is 861 g/mol. The first-order chi connectivity index (χ1) is 27.6. The van der Waals surface area contributed by atoms with Gasteiger partial charge in [0.25, 0.3) is 5.56 Å². The monoisotopic (exact) mass is 900 g/mol. The molecule has 3 aromatic heterocycles. The number of rotatable bonds is 16. The smallest absolute Gasteiger partial charge is 0.394 e. The average molecular weight is 901 g/mol. The quantitative estimate of drug-likeness (QED) is 0.0711. The highest BCUT2D eigenvalue weighted by molar-refractivity contribution is 7.47. The second kappa shape index (κ2) is 17.7. The summed E-state index contributed by atoms with van der Waals surface area (Å²) in [6.07, 6.45) is -9.76. The van der Waals surface area contributed by atoms with Crippen molar-refractivity contribution in [1.82, 2.24) is 28.7 Å². The number of hydrogen-bond acceptors (Lipinski definition) is 20. The Bertz CT molecular complexity index is 2400. The lowest BCUT2D eigenvalue weighted by Gasteiger charge is -2.24. The predicted molar refractivity (Wildman–Crippen MR) is 193 cm³/mol. The first-order valence-electron chi connectivity index (χ1n) is 17.2. The second-order valence-electron chi connectivity index (χ2n) is 13.3. The van der Waals surface area contributed by atoms with Crippen LogP contribution in [0.5, 0.6) is 0 Å². The van der Waals surface area contributed by atoms with Crippen LogP contribution < -0.4 is 34.1 Å². The van der Waals surface area contributed by atoms with E-state index in [1.165, 1.54) is 37.6 Å². The van der Waals surface area contributed by atoms with E-state index in [-0.39, 0.29) is 30.0 Å². The molecule has 31 heteroatoms. The third-order valence-electron chi connectivity index (χ3n) is 9.11. The Morgan fingerprint density at radius 1 is 0.729 bits per heavy atom. The van der Waals surface area contributed by atoms with Crippen molar-refractivity contribution in [3.63, 3.8) is 0 Å². The molecule has 6 rings (SSSR count). The third-order valence-corrected chi connectivity index (χ3v) is 11.7. The summed E-state index contributed by atoms with van der Waals surface area (Å²) in [5.41, 5.74) is 7.96. The summed E-state index contributed by atoms with van der Waals surface area (Å²) in [7, 11) is -15.6. The highest BCUT2D eigenvalue weighted by atomic mass is 31.2. The Morgan fingerprint density at radius 2 is 1.15 bits per heavy atom. The maximum Gasteiger partial charge on any atom is 0.472 e. The Balaban J connectivity index is 1.15. The fourth-order valence-corrected chi connectivity index (χ4v) is 8.91. The molecule has 28 nitrogen and oxygen atoms in total. The SMILES string of the molecule is Cc1cn([C@H]2C[C@H](OP(=O)(O)OC[C@H]3O[C@@H](n4ccc(N)nc4=O)C[C@@H]3OP(=O)(O)OC[C@H]3O[C@@H](n4ccc(N)nc4=O)C[C@@H]3OP(=O)(O)O)[C@@H](CO)O2)c(=O)[nH]c1=O. The molecule has 6 heterocycles. The normalized spacial score (nSPS) is 29.4. The number of nitrogens with two attached hydrogens (primary N) is 2. The molecule has 59 heavy (non-hydrogen) atoms. The lowest BCUT2D eigenvalue weighted by Crippen LogP contribution is -2.33. The Labute approximate surface area is 329 Å². The molecule has 10 N–H and O–H groups in total. The number of aliphatic hydroxyl groups excluding tert-OH is 1. The molecule has 11 atom stereocenters. The Hall–Kier alpha value is -3.79. The lowest BCUT2D eigenvalue weighted by molar-refractivity contribution is -0.0616. The van der Waals surface area contributed by atoms with Crippen molar-refractivity contribution in [3.8, 4) is 0 Å². The topological polar surface area (TPSA) is 403 Å². The van der Waals surface area contributed by atoms with Gasteiger partial charge in [-0.2, -0.15) is 9.97 Å². The van der Waals surface area contributed by atoms with Crippen molar-refractivity contribution in [2.24, 2.45) is 0 Å². The molecule has 326 valence electrons. The fourth-order valence-electron chi connectivity index (χ4n) is 6.42. The molecule has 0 radical (unpaired) electrons. The van der Waals surface area contributed by atoms with Gasteiger partial charge in [-0.25, -0.2) is 28.1 Å². The zero-order valence-corrected chi connectivity index (χ0v) is 33.1. The molecule has 3 fully saturated rings. The van der Waals surface area contributed by atoms with E-state index in [0.717, 1.165) is 13.7 Å². The van der Waals surface area contributed by atoms with Crippen LogP contribution in [0.1, 0.15) is 43.5 Å². The molecule has 0 aromatic carbocycles. The van der Waals surface area contributed by atoms with Crippen molar-refractivity contribution < 1.29 is 75.2 Å². The maximum atomic E-state index is 13.4. The van der Waals surface area contributed by atoms with Crippen LogP contribution in [0.4, 0.5) is 11.6 Å². The predicted octanol–water partition coefficient (Wildman–Crippen LogP) is -2.14. The highest BCUT2D eigenvalue weighted by Gasteiger charge is 2.47. The van der Waals surface area contributed by atoms with Crippen LogP contribution in [-0.2, 0) is 50.5 Å². The number of phosphoric ester groups is 3. The van der Waals surface area contributed by atoms with Crippen molar-refractivity contribution in [2.45, 2.75) is 81.5 Å². The largest absolute Gasteiger partial charge is 0.472 e. The summed E-state index contributed by atoms with van der Waals surface area (Å²) in [6.45, 7) is -1.11. The van der Waals surface area contributed by atoms with Gasteiger partial charge in [0, 0.05) is 43.4 Å². The third kappa shape index (κ3) is 11.1. The van der Waals surface area contributed by atoms with Gasteiger partial charge in [0.1, 0.15) is 66.9 Å². The van der Waals surface area contributed by atoms with Gasteiger partial charge in [-0.15, -0.1) is 0 Å². The van der Waals surface area contributed by atoms with E-state index in [1.54, 1.807) is 0 Å². The van der Waals surface area contributed by atoms with Crippen LogP contribution in [0.3, 0.4) is 0 Å². The minimum atomic E-state index is -5.25. The number of aromatic amines is 1. The van der Waals surface area contributed by atoms with E-state index < -0.39 is 128 Å². The van der Waals surface area contributed by atoms with Crippen molar-refractivity contribution >= 4 is 35.1 Å². The van der Waals surface area contributed by atoms with Gasteiger partial charge in [0.15, 0.2) is 0 Å². The van der Waals surface area contributed by atoms with Crippen LogP contribution in [0.15, 0.2) is 49.9 Å². The first kappa shape index (κ1) is 44.8. The van der Waals surface area contributed by atoms with Crippen molar-refractivity contribution in [2.75, 3.05) is 31.3 Å². The molecule has 3 aliphatic rings. The van der Waals surface area contributed by atoms with Gasteiger partial charge in [0.05, 0.1) is 19.8 Å². The molecule has 0 saturated carbocycles. The van der Waals surface area contributed by atoms with Gasteiger partial charge < -0.3 is 50.4 Å². The number of nitrogens with one attached hydrogen (secondary N) is 1. The zero-order valence-electron chi connectivity index (χ0n) is 30.4. The molecule has 2 unspecified atom stereocenters. The van der Waals surface area contributed by atoms with Gasteiger partial charge in [-0.05, 0) is 19.1 Å². The lowest BCUT2D eigenvalue weighted by atomic mass is 10.2. The van der Waals surface area contributed by atoms with Gasteiger partial charge >= 0.3 is 40.5 Å². The van der Waals surface area contributed by atoms with Crippen LogP contribution in [0.2, 0.25) is 0 Å². The van der Waals surface area contributed by atoms with Gasteiger partial charge in [-0.1, -0.05) is 0 Å². The summed E-state index contributed by atoms with van der Waals surface area (Å²) < 4.78 is 84.0. The van der Waals surface area contributed by atoms with Crippen LogP contribution in [-0.4, -0.2) is 110 Å². The number of aryl methyl sites for hydroxylation is 1. The second-order valence-corrected chi connectivity index (χ2v) is 17.3. The summed E-state index contributed by atoms with van der Waals surface area (Å²) in [5.74, 6) is -0.261. The molecule has 0 aliphatic carbocycles. The van der Waals surface area contributed by atoms with Gasteiger partial charge in [-0.3, -0.25) is 46.1 Å². The van der Waals surface area contributed by atoms with E-state index >= 15 is 0 Å².